The number of guanidine groups is 1. The van der Waals surface area contributed by atoms with E-state index < -0.39 is 0 Å². The fourth-order valence-corrected chi connectivity index (χ4v) is 2.70. The van der Waals surface area contributed by atoms with Crippen molar-refractivity contribution in [2.24, 2.45) is 10.8 Å². The van der Waals surface area contributed by atoms with E-state index in [4.69, 9.17) is 5.84 Å². The van der Waals surface area contributed by atoms with Crippen LogP contribution < -0.4 is 16.6 Å². The first-order chi connectivity index (χ1) is 10.3. The summed E-state index contributed by atoms with van der Waals surface area (Å²) in [6.45, 7) is 2.84. The number of nitrogens with zero attached hydrogens (tertiary/aromatic N) is 1. The Hall–Kier alpha value is -2.33. The quantitative estimate of drug-likeness (QED) is 0.299. The van der Waals surface area contributed by atoms with Crippen molar-refractivity contribution in [3.05, 3.63) is 53.6 Å². The van der Waals surface area contributed by atoms with E-state index in [2.05, 4.69) is 65.1 Å². The average molecular weight is 280 g/mol. The Morgan fingerprint density at radius 3 is 2.76 bits per heavy atom. The summed E-state index contributed by atoms with van der Waals surface area (Å²) in [5, 5.41) is 3.23. The zero-order chi connectivity index (χ0) is 14.7. The van der Waals surface area contributed by atoms with Crippen molar-refractivity contribution in [1.82, 2.24) is 5.43 Å². The van der Waals surface area contributed by atoms with Gasteiger partial charge in [0.05, 0.1) is 0 Å². The lowest BCUT2D eigenvalue weighted by molar-refractivity contribution is 0.905. The summed E-state index contributed by atoms with van der Waals surface area (Å²) in [5.41, 5.74) is 9.02. The number of rotatable bonds is 3. The number of hydrogen-bond acceptors (Lipinski definition) is 2. The van der Waals surface area contributed by atoms with Crippen LogP contribution in [0.2, 0.25) is 0 Å². The molecular weight excluding hydrogens is 260 g/mol. The standard InChI is InChI=1S/C17H20N4/c1-2-9-19-17(21-18)20-14-7-8-16-13(11-14)10-12-5-3-4-6-15(12)16/h3-8,11H,2,9-10,18H2,1H3,(H2,19,20,21). The fourth-order valence-electron chi connectivity index (χ4n) is 2.70. The molecule has 0 radical (unpaired) electrons. The number of aliphatic imine (C=N–C) groups is 1. The number of hydrazine groups is 1. The van der Waals surface area contributed by atoms with Crippen LogP contribution in [0, 0.1) is 0 Å². The van der Waals surface area contributed by atoms with Crippen LogP contribution >= 0.6 is 0 Å². The third-order valence-electron chi connectivity index (χ3n) is 3.69. The van der Waals surface area contributed by atoms with Crippen LogP contribution in [0.15, 0.2) is 47.5 Å². The van der Waals surface area contributed by atoms with E-state index >= 15 is 0 Å². The van der Waals surface area contributed by atoms with Gasteiger partial charge in [0.2, 0.25) is 5.96 Å². The fraction of sp³-hybridized carbons (Fsp3) is 0.235. The third kappa shape index (κ3) is 2.76. The van der Waals surface area contributed by atoms with Crippen LogP contribution in [0.25, 0.3) is 11.1 Å². The van der Waals surface area contributed by atoms with Crippen molar-refractivity contribution in [1.29, 1.82) is 0 Å². The summed E-state index contributed by atoms with van der Waals surface area (Å²) in [6.07, 6.45) is 1.98. The van der Waals surface area contributed by atoms with Gasteiger partial charge in [-0.3, -0.25) is 10.4 Å². The first-order valence-corrected chi connectivity index (χ1v) is 7.31. The minimum atomic E-state index is 0.604. The normalized spacial score (nSPS) is 12.8. The molecule has 4 nitrogen and oxygen atoms in total. The van der Waals surface area contributed by atoms with Gasteiger partial charge in [-0.25, -0.2) is 5.84 Å². The summed E-state index contributed by atoms with van der Waals surface area (Å²) in [7, 11) is 0. The Balaban J connectivity index is 1.84. The van der Waals surface area contributed by atoms with Gasteiger partial charge < -0.3 is 5.32 Å². The molecule has 3 rings (SSSR count). The van der Waals surface area contributed by atoms with Crippen LogP contribution in [0.1, 0.15) is 24.5 Å². The Morgan fingerprint density at radius 2 is 1.95 bits per heavy atom. The monoisotopic (exact) mass is 280 g/mol. The minimum absolute atomic E-state index is 0.604. The van der Waals surface area contributed by atoms with Gasteiger partial charge in [-0.05, 0) is 47.2 Å². The van der Waals surface area contributed by atoms with Crippen LogP contribution in [0.3, 0.4) is 0 Å². The molecule has 0 amide bonds. The highest BCUT2D eigenvalue weighted by Crippen LogP contribution is 2.37. The second-order valence-electron chi connectivity index (χ2n) is 5.21. The van der Waals surface area contributed by atoms with Crippen LogP contribution in [-0.4, -0.2) is 12.5 Å². The van der Waals surface area contributed by atoms with Crippen LogP contribution in [0.5, 0.6) is 0 Å². The number of hydrogen-bond donors (Lipinski definition) is 3. The molecule has 0 heterocycles. The van der Waals surface area contributed by atoms with Gasteiger partial charge in [0.1, 0.15) is 0 Å². The molecule has 0 saturated carbocycles. The number of nitrogens with two attached hydrogens (primary N) is 1. The predicted molar refractivity (Wildman–Crippen MR) is 88.2 cm³/mol. The van der Waals surface area contributed by atoms with E-state index in [0.717, 1.165) is 25.1 Å². The van der Waals surface area contributed by atoms with Crippen LogP contribution in [0.4, 0.5) is 5.69 Å². The lowest BCUT2D eigenvalue weighted by atomic mass is 10.1. The Bertz CT molecular complexity index is 676. The van der Waals surface area contributed by atoms with Crippen molar-refractivity contribution in [2.75, 3.05) is 11.9 Å². The molecule has 0 atom stereocenters. The molecule has 2 aromatic carbocycles. The minimum Gasteiger partial charge on any atom is -0.325 e. The topological polar surface area (TPSA) is 62.4 Å². The number of nitrogens with one attached hydrogen (secondary N) is 2. The molecular formula is C17H20N4. The van der Waals surface area contributed by atoms with Crippen LogP contribution in [-0.2, 0) is 6.42 Å². The second kappa shape index (κ2) is 5.97. The molecule has 0 fully saturated rings. The van der Waals surface area contributed by atoms with Crippen molar-refractivity contribution >= 4 is 11.6 Å². The largest absolute Gasteiger partial charge is 0.325 e. The van der Waals surface area contributed by atoms with Gasteiger partial charge in [0.15, 0.2) is 0 Å². The summed E-state index contributed by atoms with van der Waals surface area (Å²) in [4.78, 5) is 4.36. The summed E-state index contributed by atoms with van der Waals surface area (Å²) in [5.74, 6) is 6.10. The molecule has 1 aliphatic carbocycles. The zero-order valence-electron chi connectivity index (χ0n) is 12.2. The third-order valence-corrected chi connectivity index (χ3v) is 3.69. The molecule has 108 valence electrons. The average Bonchev–Trinajstić information content (AvgIpc) is 2.89. The number of fused-ring (bicyclic) bond motifs is 3. The molecule has 0 unspecified atom stereocenters. The van der Waals surface area contributed by atoms with E-state index in [1.54, 1.807) is 0 Å². The van der Waals surface area contributed by atoms with Gasteiger partial charge in [0, 0.05) is 12.2 Å². The van der Waals surface area contributed by atoms with Gasteiger partial charge in [-0.2, -0.15) is 0 Å². The zero-order valence-corrected chi connectivity index (χ0v) is 12.2. The van der Waals surface area contributed by atoms with E-state index in [0.29, 0.717) is 5.96 Å². The second-order valence-corrected chi connectivity index (χ2v) is 5.21. The highest BCUT2D eigenvalue weighted by Gasteiger charge is 2.17. The smallest absolute Gasteiger partial charge is 0.210 e. The van der Waals surface area contributed by atoms with E-state index in [1.807, 2.05) is 0 Å². The molecule has 2 aromatic rings. The number of benzene rings is 2. The van der Waals surface area contributed by atoms with Gasteiger partial charge in [-0.15, -0.1) is 0 Å². The highest BCUT2D eigenvalue weighted by molar-refractivity contribution is 5.94. The Morgan fingerprint density at radius 1 is 1.14 bits per heavy atom. The van der Waals surface area contributed by atoms with E-state index in [1.165, 1.54) is 22.3 Å². The first kappa shape index (κ1) is 13.6. The number of anilines is 1. The lowest BCUT2D eigenvalue weighted by Crippen LogP contribution is -2.36. The maximum Gasteiger partial charge on any atom is 0.210 e. The maximum atomic E-state index is 5.50. The summed E-state index contributed by atoms with van der Waals surface area (Å²) >= 11 is 0. The molecule has 21 heavy (non-hydrogen) atoms. The first-order valence-electron chi connectivity index (χ1n) is 7.31. The molecule has 1 aliphatic rings. The highest BCUT2D eigenvalue weighted by atomic mass is 15.3. The molecule has 0 aliphatic heterocycles. The van der Waals surface area contributed by atoms with Crippen molar-refractivity contribution in [3.8, 4) is 11.1 Å². The Labute approximate surface area is 125 Å². The maximum absolute atomic E-state index is 5.50. The molecule has 0 bridgehead atoms. The molecule has 4 N–H and O–H groups in total. The van der Waals surface area contributed by atoms with Crippen molar-refractivity contribution in [3.63, 3.8) is 0 Å². The van der Waals surface area contributed by atoms with Gasteiger partial charge >= 0.3 is 0 Å². The van der Waals surface area contributed by atoms with E-state index in [9.17, 15) is 0 Å². The lowest BCUT2D eigenvalue weighted by Gasteiger charge is -2.10. The van der Waals surface area contributed by atoms with Crippen molar-refractivity contribution < 1.29 is 0 Å². The molecule has 0 saturated heterocycles. The molecule has 4 heteroatoms. The Kier molecular flexibility index (Phi) is 3.88. The molecule has 0 aromatic heterocycles. The molecule has 0 spiro atoms. The van der Waals surface area contributed by atoms with Gasteiger partial charge in [0.25, 0.3) is 0 Å². The summed E-state index contributed by atoms with van der Waals surface area (Å²) < 4.78 is 0. The van der Waals surface area contributed by atoms with E-state index in [-0.39, 0.29) is 0 Å². The SMILES string of the molecule is CCCN=C(NN)Nc1ccc2c(c1)Cc1ccccc1-2. The predicted octanol–water partition coefficient (Wildman–Crippen LogP) is 2.90. The van der Waals surface area contributed by atoms with Gasteiger partial charge in [-0.1, -0.05) is 37.3 Å². The summed E-state index contributed by atoms with van der Waals surface area (Å²) in [6, 6.07) is 15.0. The van der Waals surface area contributed by atoms with Crippen molar-refractivity contribution in [2.45, 2.75) is 19.8 Å².